The summed E-state index contributed by atoms with van der Waals surface area (Å²) in [5, 5.41) is 7.12. The highest BCUT2D eigenvalue weighted by Gasteiger charge is 2.20. The zero-order valence-corrected chi connectivity index (χ0v) is 18.9. The van der Waals surface area contributed by atoms with Crippen LogP contribution in [0.2, 0.25) is 0 Å². The minimum atomic E-state index is 0.501. The van der Waals surface area contributed by atoms with Gasteiger partial charge in [-0.3, -0.25) is 14.8 Å². The predicted octanol–water partition coefficient (Wildman–Crippen LogP) is 3.31. The fourth-order valence-corrected chi connectivity index (χ4v) is 3.96. The van der Waals surface area contributed by atoms with Crippen LogP contribution in [0.15, 0.2) is 33.7 Å². The number of hydrogen-bond acceptors (Lipinski definition) is 3. The van der Waals surface area contributed by atoms with Crippen molar-refractivity contribution in [2.75, 3.05) is 39.8 Å². The molecule has 1 aromatic carbocycles. The van der Waals surface area contributed by atoms with Gasteiger partial charge in [0, 0.05) is 49.8 Å². The highest BCUT2D eigenvalue weighted by molar-refractivity contribution is 9.10. The average molecular weight is 438 g/mol. The Hall–Kier alpha value is -1.11. The van der Waals surface area contributed by atoms with E-state index in [0.717, 1.165) is 62.5 Å². The SMILES string of the molecule is CCN(CC)C(C)CNC(=NC)NC1CCN(Cc2ccc(Br)cc2)CC1. The zero-order valence-electron chi connectivity index (χ0n) is 17.3. The van der Waals surface area contributed by atoms with E-state index in [1.807, 2.05) is 7.05 Å². The number of piperidine rings is 1. The van der Waals surface area contributed by atoms with Gasteiger partial charge in [0.15, 0.2) is 5.96 Å². The number of halogens is 1. The van der Waals surface area contributed by atoms with Gasteiger partial charge in [-0.2, -0.15) is 0 Å². The second-order valence-corrected chi connectivity index (χ2v) is 8.26. The first kappa shape index (κ1) is 22.2. The number of nitrogens with zero attached hydrogens (tertiary/aromatic N) is 3. The van der Waals surface area contributed by atoms with Gasteiger partial charge >= 0.3 is 0 Å². The largest absolute Gasteiger partial charge is 0.355 e. The Morgan fingerprint density at radius 1 is 1.22 bits per heavy atom. The highest BCUT2D eigenvalue weighted by atomic mass is 79.9. The summed E-state index contributed by atoms with van der Waals surface area (Å²) in [7, 11) is 1.86. The molecule has 0 saturated carbocycles. The normalized spacial score (nSPS) is 17.9. The number of benzene rings is 1. The summed E-state index contributed by atoms with van der Waals surface area (Å²) in [6, 6.07) is 9.67. The maximum atomic E-state index is 4.42. The van der Waals surface area contributed by atoms with Gasteiger partial charge in [-0.25, -0.2) is 0 Å². The second-order valence-electron chi connectivity index (χ2n) is 7.34. The molecule has 1 aliphatic heterocycles. The van der Waals surface area contributed by atoms with Crippen molar-refractivity contribution in [3.63, 3.8) is 0 Å². The molecule has 1 atom stereocenters. The van der Waals surface area contributed by atoms with Crippen molar-refractivity contribution < 1.29 is 0 Å². The topological polar surface area (TPSA) is 42.9 Å². The zero-order chi connectivity index (χ0) is 19.6. The fourth-order valence-electron chi connectivity index (χ4n) is 3.69. The Labute approximate surface area is 173 Å². The van der Waals surface area contributed by atoms with Crippen LogP contribution in [0.25, 0.3) is 0 Å². The van der Waals surface area contributed by atoms with Crippen molar-refractivity contribution in [3.05, 3.63) is 34.3 Å². The number of guanidine groups is 1. The lowest BCUT2D eigenvalue weighted by Gasteiger charge is -2.33. The van der Waals surface area contributed by atoms with Crippen molar-refractivity contribution >= 4 is 21.9 Å². The predicted molar refractivity (Wildman–Crippen MR) is 119 cm³/mol. The number of rotatable bonds is 8. The summed E-state index contributed by atoms with van der Waals surface area (Å²) in [5.41, 5.74) is 1.38. The summed E-state index contributed by atoms with van der Waals surface area (Å²) in [6.07, 6.45) is 2.31. The van der Waals surface area contributed by atoms with Crippen LogP contribution in [0.5, 0.6) is 0 Å². The fraction of sp³-hybridized carbons (Fsp3) is 0.667. The first-order valence-corrected chi connectivity index (χ1v) is 11.0. The number of nitrogens with one attached hydrogen (secondary N) is 2. The van der Waals surface area contributed by atoms with E-state index in [1.165, 1.54) is 5.56 Å². The Morgan fingerprint density at radius 3 is 2.41 bits per heavy atom. The molecule has 1 fully saturated rings. The molecule has 1 aliphatic rings. The lowest BCUT2D eigenvalue weighted by atomic mass is 10.0. The molecule has 0 aliphatic carbocycles. The molecule has 0 amide bonds. The molecule has 5 nitrogen and oxygen atoms in total. The molecule has 1 saturated heterocycles. The van der Waals surface area contributed by atoms with Gasteiger partial charge in [0.05, 0.1) is 0 Å². The van der Waals surface area contributed by atoms with E-state index in [9.17, 15) is 0 Å². The molecule has 27 heavy (non-hydrogen) atoms. The van der Waals surface area contributed by atoms with Crippen LogP contribution >= 0.6 is 15.9 Å². The van der Waals surface area contributed by atoms with Gasteiger partial charge in [-0.15, -0.1) is 0 Å². The molecule has 2 N–H and O–H groups in total. The van der Waals surface area contributed by atoms with Crippen LogP contribution in [0.3, 0.4) is 0 Å². The van der Waals surface area contributed by atoms with Crippen LogP contribution in [-0.2, 0) is 6.54 Å². The Kier molecular flexibility index (Phi) is 9.59. The van der Waals surface area contributed by atoms with Crippen molar-refractivity contribution in [2.24, 2.45) is 4.99 Å². The van der Waals surface area contributed by atoms with Crippen molar-refractivity contribution in [1.82, 2.24) is 20.4 Å². The monoisotopic (exact) mass is 437 g/mol. The number of hydrogen-bond donors (Lipinski definition) is 2. The first-order chi connectivity index (χ1) is 13.0. The van der Waals surface area contributed by atoms with E-state index in [2.05, 4.69) is 86.4 Å². The highest BCUT2D eigenvalue weighted by Crippen LogP contribution is 2.16. The van der Waals surface area contributed by atoms with Crippen LogP contribution in [-0.4, -0.2) is 67.6 Å². The van der Waals surface area contributed by atoms with E-state index >= 15 is 0 Å². The standard InChI is InChI=1S/C21H36BrN5/c1-5-27(6-2)17(3)15-24-21(23-4)25-20-11-13-26(14-12-20)16-18-7-9-19(22)10-8-18/h7-10,17,20H,5-6,11-16H2,1-4H3,(H2,23,24,25). The number of aliphatic imine (C=N–C) groups is 1. The summed E-state index contributed by atoms with van der Waals surface area (Å²) < 4.78 is 1.14. The number of likely N-dealkylation sites (tertiary alicyclic amines) is 1. The molecule has 0 bridgehead atoms. The lowest BCUT2D eigenvalue weighted by molar-refractivity contribution is 0.198. The van der Waals surface area contributed by atoms with Gasteiger partial charge in [-0.05, 0) is 50.6 Å². The lowest BCUT2D eigenvalue weighted by Crippen LogP contribution is -2.51. The van der Waals surface area contributed by atoms with Crippen LogP contribution in [0.4, 0.5) is 0 Å². The van der Waals surface area contributed by atoms with E-state index in [4.69, 9.17) is 0 Å². The smallest absolute Gasteiger partial charge is 0.191 e. The van der Waals surface area contributed by atoms with Gasteiger partial charge in [0.25, 0.3) is 0 Å². The molecule has 0 spiro atoms. The van der Waals surface area contributed by atoms with E-state index in [-0.39, 0.29) is 0 Å². The maximum Gasteiger partial charge on any atom is 0.191 e. The molecule has 1 aromatic rings. The molecule has 0 radical (unpaired) electrons. The third kappa shape index (κ3) is 7.43. The Bertz CT molecular complexity index is 562. The molecule has 6 heteroatoms. The minimum absolute atomic E-state index is 0.501. The molecule has 1 unspecified atom stereocenters. The number of likely N-dealkylation sites (N-methyl/N-ethyl adjacent to an activating group) is 1. The van der Waals surface area contributed by atoms with E-state index in [0.29, 0.717) is 12.1 Å². The van der Waals surface area contributed by atoms with E-state index < -0.39 is 0 Å². The second kappa shape index (κ2) is 11.7. The first-order valence-electron chi connectivity index (χ1n) is 10.2. The molecule has 152 valence electrons. The molecular formula is C21H36BrN5. The third-order valence-corrected chi connectivity index (χ3v) is 6.00. The minimum Gasteiger partial charge on any atom is -0.355 e. The molecular weight excluding hydrogens is 402 g/mol. The molecule has 1 heterocycles. The van der Waals surface area contributed by atoms with Crippen molar-refractivity contribution in [2.45, 2.75) is 52.2 Å². The molecule has 0 aromatic heterocycles. The molecule has 2 rings (SSSR count). The van der Waals surface area contributed by atoms with Crippen LogP contribution in [0.1, 0.15) is 39.2 Å². The van der Waals surface area contributed by atoms with Crippen LogP contribution in [0, 0.1) is 0 Å². The Morgan fingerprint density at radius 2 is 1.85 bits per heavy atom. The van der Waals surface area contributed by atoms with Gasteiger partial charge in [0.1, 0.15) is 0 Å². The van der Waals surface area contributed by atoms with Crippen LogP contribution < -0.4 is 10.6 Å². The van der Waals surface area contributed by atoms with E-state index in [1.54, 1.807) is 0 Å². The quantitative estimate of drug-likeness (QED) is 0.483. The van der Waals surface area contributed by atoms with Crippen molar-refractivity contribution in [3.8, 4) is 0 Å². The summed E-state index contributed by atoms with van der Waals surface area (Å²) in [4.78, 5) is 9.42. The van der Waals surface area contributed by atoms with Gasteiger partial charge < -0.3 is 10.6 Å². The summed E-state index contributed by atoms with van der Waals surface area (Å²) in [5.74, 6) is 0.931. The van der Waals surface area contributed by atoms with Gasteiger partial charge in [-0.1, -0.05) is 41.9 Å². The average Bonchev–Trinajstić information content (AvgIpc) is 2.69. The maximum absolute atomic E-state index is 4.42. The van der Waals surface area contributed by atoms with Crippen molar-refractivity contribution in [1.29, 1.82) is 0 Å². The third-order valence-electron chi connectivity index (χ3n) is 5.47. The summed E-state index contributed by atoms with van der Waals surface area (Å²) >= 11 is 3.50. The Balaban J connectivity index is 1.72. The van der Waals surface area contributed by atoms with Gasteiger partial charge in [0.2, 0.25) is 0 Å². The summed E-state index contributed by atoms with van der Waals surface area (Å²) in [6.45, 7) is 13.1.